The van der Waals surface area contributed by atoms with E-state index in [1.54, 1.807) is 18.2 Å². The Bertz CT molecular complexity index is 426. The lowest BCUT2D eigenvalue weighted by atomic mass is 9.97. The quantitative estimate of drug-likeness (QED) is 0.862. The van der Waals surface area contributed by atoms with Gasteiger partial charge in [0.1, 0.15) is 5.75 Å². The molecule has 1 aliphatic heterocycles. The largest absolute Gasteiger partial charge is 0.508 e. The number of nitrogens with zero attached hydrogens (tertiary/aromatic N) is 1. The van der Waals surface area contributed by atoms with E-state index in [2.05, 4.69) is 17.3 Å². The van der Waals surface area contributed by atoms with Gasteiger partial charge in [-0.25, -0.2) is 0 Å². The molecule has 1 heterocycles. The maximum Gasteiger partial charge on any atom is 0.224 e. The van der Waals surface area contributed by atoms with Crippen molar-refractivity contribution >= 4 is 5.91 Å². The summed E-state index contributed by atoms with van der Waals surface area (Å²) in [5.41, 5.74) is 0.684. The summed E-state index contributed by atoms with van der Waals surface area (Å²) in [6.07, 6.45) is 2.54. The molecular formula is C15H22N2O2. The summed E-state index contributed by atoms with van der Waals surface area (Å²) < 4.78 is 0. The Hall–Kier alpha value is -1.55. The molecule has 0 unspecified atom stereocenters. The Morgan fingerprint density at radius 1 is 1.37 bits per heavy atom. The van der Waals surface area contributed by atoms with Crippen molar-refractivity contribution in [1.82, 2.24) is 10.2 Å². The molecule has 0 radical (unpaired) electrons. The van der Waals surface area contributed by atoms with Gasteiger partial charge in [0.15, 0.2) is 0 Å². The van der Waals surface area contributed by atoms with E-state index in [0.717, 1.165) is 32.5 Å². The number of nitrogens with one attached hydrogen (secondary N) is 1. The third-order valence-electron chi connectivity index (χ3n) is 3.77. The molecule has 0 bridgehead atoms. The summed E-state index contributed by atoms with van der Waals surface area (Å²) in [6.45, 7) is 2.97. The van der Waals surface area contributed by atoms with Gasteiger partial charge < -0.3 is 15.3 Å². The number of carbonyl (C=O) groups excluding carboxylic acids is 1. The van der Waals surface area contributed by atoms with Gasteiger partial charge >= 0.3 is 0 Å². The molecule has 2 rings (SSSR count). The second-order valence-corrected chi connectivity index (χ2v) is 5.36. The number of benzene rings is 1. The van der Waals surface area contributed by atoms with E-state index < -0.39 is 0 Å². The number of piperidine rings is 1. The highest BCUT2D eigenvalue weighted by molar-refractivity contribution is 5.79. The SMILES string of the molecule is CN1CCC(CNC(=O)Cc2ccccc2O)CC1. The molecule has 1 fully saturated rings. The average Bonchev–Trinajstić information content (AvgIpc) is 2.41. The standard InChI is InChI=1S/C15H22N2O2/c1-17-8-6-12(7-9-17)11-16-15(19)10-13-4-2-3-5-14(13)18/h2-5,12,18H,6-11H2,1H3,(H,16,19). The van der Waals surface area contributed by atoms with Gasteiger partial charge in [-0.05, 0) is 45.0 Å². The van der Waals surface area contributed by atoms with Gasteiger partial charge in [0.2, 0.25) is 5.91 Å². The smallest absolute Gasteiger partial charge is 0.224 e. The fourth-order valence-corrected chi connectivity index (χ4v) is 2.42. The number of hydrogen-bond donors (Lipinski definition) is 2. The van der Waals surface area contributed by atoms with Crippen LogP contribution in [0.2, 0.25) is 0 Å². The van der Waals surface area contributed by atoms with Crippen molar-refractivity contribution in [3.05, 3.63) is 29.8 Å². The van der Waals surface area contributed by atoms with Crippen molar-refractivity contribution in [1.29, 1.82) is 0 Å². The molecule has 4 heteroatoms. The maximum atomic E-state index is 11.8. The third kappa shape index (κ3) is 4.24. The van der Waals surface area contributed by atoms with Crippen LogP contribution in [0.5, 0.6) is 5.75 Å². The van der Waals surface area contributed by atoms with E-state index in [1.165, 1.54) is 0 Å². The normalized spacial score (nSPS) is 17.3. The number of aromatic hydroxyl groups is 1. The molecule has 0 aliphatic carbocycles. The molecule has 2 N–H and O–H groups in total. The molecule has 1 amide bonds. The van der Waals surface area contributed by atoms with Gasteiger partial charge in [-0.3, -0.25) is 4.79 Å². The van der Waals surface area contributed by atoms with Crippen molar-refractivity contribution < 1.29 is 9.90 Å². The lowest BCUT2D eigenvalue weighted by Gasteiger charge is -2.28. The molecule has 1 aromatic rings. The summed E-state index contributed by atoms with van der Waals surface area (Å²) in [7, 11) is 2.13. The number of phenols is 1. The maximum absolute atomic E-state index is 11.8. The van der Waals surface area contributed by atoms with Crippen molar-refractivity contribution in [2.24, 2.45) is 5.92 Å². The number of para-hydroxylation sites is 1. The van der Waals surface area contributed by atoms with Crippen LogP contribution in [0.4, 0.5) is 0 Å². The van der Waals surface area contributed by atoms with Crippen LogP contribution in [-0.4, -0.2) is 42.6 Å². The summed E-state index contributed by atoms with van der Waals surface area (Å²) in [4.78, 5) is 14.2. The molecule has 1 aromatic carbocycles. The summed E-state index contributed by atoms with van der Waals surface area (Å²) in [6, 6.07) is 6.98. The van der Waals surface area contributed by atoms with E-state index in [-0.39, 0.29) is 18.1 Å². The molecule has 0 aromatic heterocycles. The molecule has 0 spiro atoms. The molecule has 19 heavy (non-hydrogen) atoms. The van der Waals surface area contributed by atoms with Gasteiger partial charge in [0, 0.05) is 12.1 Å². The van der Waals surface area contributed by atoms with Crippen LogP contribution in [0, 0.1) is 5.92 Å². The highest BCUT2D eigenvalue weighted by atomic mass is 16.3. The highest BCUT2D eigenvalue weighted by Gasteiger charge is 2.17. The Kier molecular flexibility index (Phi) is 4.80. The van der Waals surface area contributed by atoms with Crippen LogP contribution in [0.1, 0.15) is 18.4 Å². The topological polar surface area (TPSA) is 52.6 Å². The Morgan fingerprint density at radius 3 is 2.74 bits per heavy atom. The van der Waals surface area contributed by atoms with Crippen molar-refractivity contribution in [2.45, 2.75) is 19.3 Å². The second-order valence-electron chi connectivity index (χ2n) is 5.36. The van der Waals surface area contributed by atoms with E-state index in [1.807, 2.05) is 6.07 Å². The Labute approximate surface area is 114 Å². The van der Waals surface area contributed by atoms with Gasteiger partial charge in [-0.1, -0.05) is 18.2 Å². The van der Waals surface area contributed by atoms with Crippen LogP contribution in [0.15, 0.2) is 24.3 Å². The van der Waals surface area contributed by atoms with Crippen LogP contribution >= 0.6 is 0 Å². The molecule has 1 aliphatic rings. The zero-order chi connectivity index (χ0) is 13.7. The first-order chi connectivity index (χ1) is 9.15. The van der Waals surface area contributed by atoms with Gasteiger partial charge in [0.05, 0.1) is 6.42 Å². The van der Waals surface area contributed by atoms with Crippen molar-refractivity contribution in [3.63, 3.8) is 0 Å². The lowest BCUT2D eigenvalue weighted by Crippen LogP contribution is -2.37. The fraction of sp³-hybridized carbons (Fsp3) is 0.533. The van der Waals surface area contributed by atoms with E-state index in [4.69, 9.17) is 0 Å². The van der Waals surface area contributed by atoms with Crippen LogP contribution in [0.3, 0.4) is 0 Å². The number of likely N-dealkylation sites (tertiary alicyclic amines) is 1. The van der Waals surface area contributed by atoms with Gasteiger partial charge in [-0.2, -0.15) is 0 Å². The van der Waals surface area contributed by atoms with Crippen LogP contribution in [0.25, 0.3) is 0 Å². The predicted octanol–water partition coefficient (Wildman–Crippen LogP) is 1.39. The van der Waals surface area contributed by atoms with Crippen LogP contribution in [-0.2, 0) is 11.2 Å². The van der Waals surface area contributed by atoms with Gasteiger partial charge in [-0.15, -0.1) is 0 Å². The Morgan fingerprint density at radius 2 is 2.05 bits per heavy atom. The predicted molar refractivity (Wildman–Crippen MR) is 75.0 cm³/mol. The number of phenolic OH excluding ortho intramolecular Hbond substituents is 1. The first kappa shape index (κ1) is 13.9. The number of hydrogen-bond acceptors (Lipinski definition) is 3. The molecule has 0 saturated carbocycles. The minimum absolute atomic E-state index is 0.0135. The van der Waals surface area contributed by atoms with Crippen molar-refractivity contribution in [2.75, 3.05) is 26.7 Å². The minimum atomic E-state index is -0.0135. The molecule has 0 atom stereocenters. The summed E-state index contributed by atoms with van der Waals surface area (Å²) in [5.74, 6) is 0.766. The van der Waals surface area contributed by atoms with E-state index in [0.29, 0.717) is 11.5 Å². The molecule has 1 saturated heterocycles. The monoisotopic (exact) mass is 262 g/mol. The zero-order valence-corrected chi connectivity index (χ0v) is 11.4. The molecule has 4 nitrogen and oxygen atoms in total. The zero-order valence-electron chi connectivity index (χ0n) is 11.4. The average molecular weight is 262 g/mol. The van der Waals surface area contributed by atoms with Crippen molar-refractivity contribution in [3.8, 4) is 5.75 Å². The number of rotatable bonds is 4. The first-order valence-electron chi connectivity index (χ1n) is 6.87. The molecule has 104 valence electrons. The van der Waals surface area contributed by atoms with Gasteiger partial charge in [0.25, 0.3) is 0 Å². The van der Waals surface area contributed by atoms with Crippen LogP contribution < -0.4 is 5.32 Å². The van der Waals surface area contributed by atoms with E-state index in [9.17, 15) is 9.90 Å². The fourth-order valence-electron chi connectivity index (χ4n) is 2.42. The summed E-state index contributed by atoms with van der Waals surface area (Å²) >= 11 is 0. The first-order valence-corrected chi connectivity index (χ1v) is 6.87. The second kappa shape index (κ2) is 6.57. The Balaban J connectivity index is 1.74. The minimum Gasteiger partial charge on any atom is -0.508 e. The lowest BCUT2D eigenvalue weighted by molar-refractivity contribution is -0.120. The highest BCUT2D eigenvalue weighted by Crippen LogP contribution is 2.17. The number of carbonyl (C=O) groups is 1. The number of amides is 1. The molecular weight excluding hydrogens is 240 g/mol. The summed E-state index contributed by atoms with van der Waals surface area (Å²) in [5, 5.41) is 12.6. The third-order valence-corrected chi connectivity index (χ3v) is 3.77. The van der Waals surface area contributed by atoms with E-state index >= 15 is 0 Å².